The van der Waals surface area contributed by atoms with Gasteiger partial charge < -0.3 is 0 Å². The van der Waals surface area contributed by atoms with Gasteiger partial charge in [0.25, 0.3) is 0 Å². The third-order valence-corrected chi connectivity index (χ3v) is 8.69. The van der Waals surface area contributed by atoms with Crippen molar-refractivity contribution in [3.63, 3.8) is 0 Å². The maximum absolute atomic E-state index is 12.6. The van der Waals surface area contributed by atoms with Crippen molar-refractivity contribution in [2.24, 2.45) is 21.1 Å². The standard InChI is InChI=1S/C40H50N6O2/c1-27(17-13-19-29(3)21-23-33-31(5)37(47)35(43-45-41)25-39(33,7)8)15-11-12-16-28(2)18-14-20-30(4)22-24-34-32(6)38(48)36(44-46-42)26-40(34,9)10/h11-24,35-36H,25-26H2,1-10H3/b12-11+,17-13+,18-14+,23-21+,24-22+,27-15+,28-16+,29-19+,30-20+. The third kappa shape index (κ3) is 11.4. The zero-order valence-corrected chi connectivity index (χ0v) is 30.2. The van der Waals surface area contributed by atoms with Crippen molar-refractivity contribution in [1.29, 1.82) is 0 Å². The molecule has 2 rings (SSSR count). The predicted octanol–water partition coefficient (Wildman–Crippen LogP) is 11.5. The van der Waals surface area contributed by atoms with Gasteiger partial charge in [0.05, 0.1) is 0 Å². The Morgan fingerprint density at radius 1 is 0.604 bits per heavy atom. The van der Waals surface area contributed by atoms with Crippen LogP contribution in [0.15, 0.2) is 140 Å². The Bertz CT molecular complexity index is 1590. The van der Waals surface area contributed by atoms with Crippen LogP contribution in [0.5, 0.6) is 0 Å². The summed E-state index contributed by atoms with van der Waals surface area (Å²) in [4.78, 5) is 30.9. The van der Waals surface area contributed by atoms with Gasteiger partial charge in [0.1, 0.15) is 12.1 Å². The summed E-state index contributed by atoms with van der Waals surface area (Å²) >= 11 is 0. The number of hydrogen-bond donors (Lipinski definition) is 0. The molecule has 2 aliphatic carbocycles. The van der Waals surface area contributed by atoms with Gasteiger partial charge >= 0.3 is 0 Å². The number of allylic oxidation sites excluding steroid dienone is 20. The predicted molar refractivity (Wildman–Crippen MR) is 199 cm³/mol. The zero-order valence-electron chi connectivity index (χ0n) is 30.2. The Hall–Kier alpha value is -4.90. The monoisotopic (exact) mass is 646 g/mol. The molecule has 48 heavy (non-hydrogen) atoms. The number of ketones is 2. The third-order valence-electron chi connectivity index (χ3n) is 8.69. The lowest BCUT2D eigenvalue weighted by Gasteiger charge is -2.35. The molecule has 0 N–H and O–H groups in total. The van der Waals surface area contributed by atoms with E-state index in [0.29, 0.717) is 24.0 Å². The fourth-order valence-electron chi connectivity index (χ4n) is 5.93. The minimum Gasteiger partial charge on any atom is -0.294 e. The summed E-state index contributed by atoms with van der Waals surface area (Å²) in [7, 11) is 0. The summed E-state index contributed by atoms with van der Waals surface area (Å²) in [5.41, 5.74) is 24.6. The van der Waals surface area contributed by atoms with Crippen LogP contribution >= 0.6 is 0 Å². The van der Waals surface area contributed by atoms with Crippen LogP contribution < -0.4 is 0 Å². The van der Waals surface area contributed by atoms with Gasteiger partial charge in [0.15, 0.2) is 11.6 Å². The van der Waals surface area contributed by atoms with Crippen LogP contribution in [0.4, 0.5) is 0 Å². The first kappa shape index (κ1) is 39.3. The fourth-order valence-corrected chi connectivity index (χ4v) is 5.93. The molecule has 2 aliphatic rings. The summed E-state index contributed by atoms with van der Waals surface area (Å²) in [6.07, 6.45) is 29.3. The number of carbonyl (C=O) groups is 2. The van der Waals surface area contributed by atoms with Gasteiger partial charge in [-0.2, -0.15) is 0 Å². The highest BCUT2D eigenvalue weighted by atomic mass is 16.1. The van der Waals surface area contributed by atoms with E-state index < -0.39 is 12.1 Å². The lowest BCUT2D eigenvalue weighted by Crippen LogP contribution is -2.34. The van der Waals surface area contributed by atoms with E-state index >= 15 is 0 Å². The number of carbonyl (C=O) groups excluding carboxylic acids is 2. The van der Waals surface area contributed by atoms with Crippen LogP contribution in [0, 0.1) is 10.8 Å². The van der Waals surface area contributed by atoms with E-state index in [1.165, 1.54) is 0 Å². The lowest BCUT2D eigenvalue weighted by atomic mass is 9.70. The molecule has 2 unspecified atom stereocenters. The molecule has 0 aromatic carbocycles. The van der Waals surface area contributed by atoms with Crippen molar-refractivity contribution >= 4 is 11.6 Å². The van der Waals surface area contributed by atoms with Gasteiger partial charge in [0, 0.05) is 9.82 Å². The van der Waals surface area contributed by atoms with Crippen LogP contribution in [0.25, 0.3) is 20.9 Å². The van der Waals surface area contributed by atoms with Crippen LogP contribution in [0.1, 0.15) is 82.1 Å². The summed E-state index contributed by atoms with van der Waals surface area (Å²) in [5, 5.41) is 7.39. The Balaban J connectivity index is 1.98. The van der Waals surface area contributed by atoms with E-state index in [1.807, 2.05) is 127 Å². The lowest BCUT2D eigenvalue weighted by molar-refractivity contribution is -0.118. The molecule has 2 atom stereocenters. The van der Waals surface area contributed by atoms with Crippen molar-refractivity contribution in [2.75, 3.05) is 0 Å². The molecule has 0 amide bonds. The Morgan fingerprint density at radius 3 is 1.25 bits per heavy atom. The number of Topliss-reactive ketones (excluding diaryl/α,β-unsaturated/α-hetero) is 2. The summed E-state index contributed by atoms with van der Waals surface area (Å²) in [6.45, 7) is 20.0. The Morgan fingerprint density at radius 2 is 0.917 bits per heavy atom. The molecule has 0 fully saturated rings. The molecule has 0 aliphatic heterocycles. The molecule has 0 aromatic heterocycles. The van der Waals surface area contributed by atoms with Gasteiger partial charge in [-0.1, -0.05) is 145 Å². The molecule has 0 aromatic rings. The fraction of sp³-hybridized carbons (Fsp3) is 0.400. The molecule has 0 saturated heterocycles. The number of nitrogens with zero attached hydrogens (tertiary/aromatic N) is 6. The highest BCUT2D eigenvalue weighted by Gasteiger charge is 2.38. The first-order chi connectivity index (χ1) is 22.5. The van der Waals surface area contributed by atoms with E-state index in [4.69, 9.17) is 11.1 Å². The number of rotatable bonds is 12. The largest absolute Gasteiger partial charge is 0.294 e. The molecular weight excluding hydrogens is 596 g/mol. The quantitative estimate of drug-likeness (QED) is 0.0903. The number of hydrogen-bond acceptors (Lipinski definition) is 4. The maximum Gasteiger partial charge on any atom is 0.167 e. The van der Waals surface area contributed by atoms with E-state index in [1.54, 1.807) is 0 Å². The highest BCUT2D eigenvalue weighted by molar-refractivity contribution is 6.02. The summed E-state index contributed by atoms with van der Waals surface area (Å²) < 4.78 is 0. The first-order valence-corrected chi connectivity index (χ1v) is 16.2. The second-order valence-corrected chi connectivity index (χ2v) is 13.8. The van der Waals surface area contributed by atoms with Gasteiger partial charge in [0.2, 0.25) is 0 Å². The van der Waals surface area contributed by atoms with E-state index in [2.05, 4.69) is 47.7 Å². The second-order valence-electron chi connectivity index (χ2n) is 13.8. The first-order valence-electron chi connectivity index (χ1n) is 16.2. The Kier molecular flexibility index (Phi) is 14.6. The van der Waals surface area contributed by atoms with Crippen molar-refractivity contribution in [3.8, 4) is 0 Å². The van der Waals surface area contributed by atoms with E-state index in [-0.39, 0.29) is 22.4 Å². The molecule has 0 bridgehead atoms. The summed E-state index contributed by atoms with van der Waals surface area (Å²) in [5.74, 6) is -0.202. The minimum atomic E-state index is -0.637. The van der Waals surface area contributed by atoms with Gasteiger partial charge in [-0.25, -0.2) is 0 Å². The second kappa shape index (κ2) is 17.9. The van der Waals surface area contributed by atoms with Crippen molar-refractivity contribution in [3.05, 3.63) is 151 Å². The molecule has 0 spiro atoms. The minimum absolute atomic E-state index is 0.101. The molecule has 8 heteroatoms. The molecule has 0 heterocycles. The normalized spacial score (nSPS) is 23.0. The van der Waals surface area contributed by atoms with Crippen LogP contribution in [0.2, 0.25) is 0 Å². The van der Waals surface area contributed by atoms with Crippen molar-refractivity contribution in [2.45, 2.75) is 94.2 Å². The number of azide groups is 2. The SMILES string of the molecule is CC1=C(/C=C/C(C)=C/C=C/C(C)=C/C=C/C=C(C)/C=C/C=C(C)/C=C/C2=C(C)C(=O)C(N=[N+]=[N-])CC2(C)C)C(C)(C)CC(N=[N+]=[N-])C1=O. The maximum atomic E-state index is 12.6. The highest BCUT2D eigenvalue weighted by Crippen LogP contribution is 2.42. The van der Waals surface area contributed by atoms with Crippen LogP contribution in [-0.4, -0.2) is 23.7 Å². The van der Waals surface area contributed by atoms with Crippen molar-refractivity contribution < 1.29 is 9.59 Å². The van der Waals surface area contributed by atoms with Crippen molar-refractivity contribution in [1.82, 2.24) is 0 Å². The molecule has 0 saturated carbocycles. The molecule has 252 valence electrons. The van der Waals surface area contributed by atoms with E-state index in [9.17, 15) is 9.59 Å². The zero-order chi connectivity index (χ0) is 36.1. The smallest absolute Gasteiger partial charge is 0.167 e. The summed E-state index contributed by atoms with van der Waals surface area (Å²) in [6, 6.07) is -1.27. The van der Waals surface area contributed by atoms with Gasteiger partial charge in [-0.05, 0) is 98.6 Å². The van der Waals surface area contributed by atoms with Crippen LogP contribution in [0.3, 0.4) is 0 Å². The average molecular weight is 647 g/mol. The molecular formula is C40H50N6O2. The molecule has 8 nitrogen and oxygen atoms in total. The molecule has 0 radical (unpaired) electrons. The van der Waals surface area contributed by atoms with Gasteiger partial charge in [-0.3, -0.25) is 9.59 Å². The topological polar surface area (TPSA) is 132 Å². The van der Waals surface area contributed by atoms with Gasteiger partial charge in [-0.15, -0.1) is 0 Å². The Labute approximate surface area is 286 Å². The average Bonchev–Trinajstić information content (AvgIpc) is 3.00. The van der Waals surface area contributed by atoms with E-state index in [0.717, 1.165) is 33.4 Å². The van der Waals surface area contributed by atoms with Crippen LogP contribution in [-0.2, 0) is 9.59 Å².